The van der Waals surface area contributed by atoms with E-state index in [9.17, 15) is 14.4 Å². The largest absolute Gasteiger partial charge is 0.481 e. The molecule has 1 saturated carbocycles. The Bertz CT molecular complexity index is 556. The molecule has 0 heterocycles. The number of hydrogen-bond acceptors (Lipinski definition) is 3. The van der Waals surface area contributed by atoms with Gasteiger partial charge in [-0.1, -0.05) is 12.1 Å². The summed E-state index contributed by atoms with van der Waals surface area (Å²) in [5, 5.41) is 14.0. The van der Waals surface area contributed by atoms with Crippen molar-refractivity contribution in [3.63, 3.8) is 0 Å². The number of rotatable bonds is 5. The third-order valence-corrected chi connectivity index (χ3v) is 3.33. The summed E-state index contributed by atoms with van der Waals surface area (Å²) in [6.45, 7) is 0.284. The fourth-order valence-electron chi connectivity index (χ4n) is 2.04. The summed E-state index contributed by atoms with van der Waals surface area (Å²) in [7, 11) is 1.55. The molecule has 2 atom stereocenters. The van der Waals surface area contributed by atoms with Crippen LogP contribution in [0.15, 0.2) is 24.3 Å². The van der Waals surface area contributed by atoms with Gasteiger partial charge in [0.2, 0.25) is 5.91 Å². The minimum Gasteiger partial charge on any atom is -0.481 e. The van der Waals surface area contributed by atoms with Crippen molar-refractivity contribution >= 4 is 17.8 Å². The summed E-state index contributed by atoms with van der Waals surface area (Å²) in [6.07, 6.45) is 0.402. The van der Waals surface area contributed by atoms with Crippen molar-refractivity contribution in [2.75, 3.05) is 7.05 Å². The second-order valence-corrected chi connectivity index (χ2v) is 4.78. The van der Waals surface area contributed by atoms with Crippen LogP contribution in [0.1, 0.15) is 22.3 Å². The fraction of sp³-hybridized carbons (Fsp3) is 0.357. The molecule has 6 nitrogen and oxygen atoms in total. The molecule has 1 aromatic rings. The molecule has 1 aromatic carbocycles. The highest BCUT2D eigenvalue weighted by Gasteiger charge is 2.48. The Morgan fingerprint density at radius 1 is 1.30 bits per heavy atom. The highest BCUT2D eigenvalue weighted by Crippen LogP contribution is 2.38. The third-order valence-electron chi connectivity index (χ3n) is 3.33. The van der Waals surface area contributed by atoms with Crippen LogP contribution in [-0.4, -0.2) is 29.9 Å². The van der Waals surface area contributed by atoms with Crippen LogP contribution >= 0.6 is 0 Å². The standard InChI is InChI=1S/C14H16N2O4/c1-15-12(17)9-4-2-3-8(5-9)7-16-13(18)10-6-11(10)14(19)20/h2-5,10-11H,6-7H2,1H3,(H,15,17)(H,16,18)(H,19,20). The number of benzene rings is 1. The molecule has 0 saturated heterocycles. The van der Waals surface area contributed by atoms with E-state index < -0.39 is 17.8 Å². The van der Waals surface area contributed by atoms with Gasteiger partial charge in [-0.05, 0) is 24.1 Å². The number of aliphatic carboxylic acids is 1. The molecule has 0 spiro atoms. The van der Waals surface area contributed by atoms with Crippen LogP contribution in [0.2, 0.25) is 0 Å². The molecule has 1 fully saturated rings. The highest BCUT2D eigenvalue weighted by molar-refractivity contribution is 5.94. The van der Waals surface area contributed by atoms with Gasteiger partial charge in [-0.25, -0.2) is 0 Å². The number of carbonyl (C=O) groups is 3. The van der Waals surface area contributed by atoms with Crippen LogP contribution in [0.4, 0.5) is 0 Å². The Kier molecular flexibility index (Phi) is 4.02. The van der Waals surface area contributed by atoms with Crippen LogP contribution in [0.25, 0.3) is 0 Å². The second kappa shape index (κ2) is 5.73. The Morgan fingerprint density at radius 3 is 2.65 bits per heavy atom. The average molecular weight is 276 g/mol. The van der Waals surface area contributed by atoms with E-state index in [-0.39, 0.29) is 18.4 Å². The van der Waals surface area contributed by atoms with E-state index >= 15 is 0 Å². The fourth-order valence-corrected chi connectivity index (χ4v) is 2.04. The molecule has 1 aliphatic rings. The number of amides is 2. The first-order chi connectivity index (χ1) is 9.52. The summed E-state index contributed by atoms with van der Waals surface area (Å²) in [6, 6.07) is 6.92. The first-order valence-corrected chi connectivity index (χ1v) is 6.34. The van der Waals surface area contributed by atoms with Crippen molar-refractivity contribution in [3.8, 4) is 0 Å². The van der Waals surface area contributed by atoms with E-state index in [1.165, 1.54) is 0 Å². The van der Waals surface area contributed by atoms with E-state index in [0.717, 1.165) is 5.56 Å². The van der Waals surface area contributed by atoms with Gasteiger partial charge in [0.25, 0.3) is 5.91 Å². The summed E-state index contributed by atoms with van der Waals surface area (Å²) < 4.78 is 0. The van der Waals surface area contributed by atoms with Gasteiger partial charge in [0.15, 0.2) is 0 Å². The molecule has 1 aliphatic carbocycles. The van der Waals surface area contributed by atoms with Gasteiger partial charge in [0, 0.05) is 19.2 Å². The first kappa shape index (κ1) is 14.0. The molecule has 0 aliphatic heterocycles. The number of nitrogens with one attached hydrogen (secondary N) is 2. The average Bonchev–Trinajstić information content (AvgIpc) is 3.25. The number of carboxylic acid groups (broad SMARTS) is 1. The van der Waals surface area contributed by atoms with E-state index in [2.05, 4.69) is 10.6 Å². The lowest BCUT2D eigenvalue weighted by Gasteiger charge is -2.06. The minimum atomic E-state index is -0.924. The summed E-state index contributed by atoms with van der Waals surface area (Å²) in [5.41, 5.74) is 1.32. The normalized spacial score (nSPS) is 20.1. The topological polar surface area (TPSA) is 95.5 Å². The first-order valence-electron chi connectivity index (χ1n) is 6.34. The lowest BCUT2D eigenvalue weighted by molar-refractivity contribution is -0.140. The number of carbonyl (C=O) groups excluding carboxylic acids is 2. The molecule has 6 heteroatoms. The van der Waals surface area contributed by atoms with Crippen molar-refractivity contribution in [2.24, 2.45) is 11.8 Å². The summed E-state index contributed by atoms with van der Waals surface area (Å²) >= 11 is 0. The molecule has 0 aromatic heterocycles. The van der Waals surface area contributed by atoms with Crippen molar-refractivity contribution in [3.05, 3.63) is 35.4 Å². The van der Waals surface area contributed by atoms with Gasteiger partial charge in [0.05, 0.1) is 11.8 Å². The Hall–Kier alpha value is -2.37. The van der Waals surface area contributed by atoms with Crippen molar-refractivity contribution < 1.29 is 19.5 Å². The maximum absolute atomic E-state index is 11.7. The molecule has 0 radical (unpaired) electrons. The van der Waals surface area contributed by atoms with Crippen LogP contribution in [0.3, 0.4) is 0 Å². The Labute approximate surface area is 116 Å². The van der Waals surface area contributed by atoms with Crippen LogP contribution in [0, 0.1) is 11.8 Å². The molecular formula is C14H16N2O4. The maximum Gasteiger partial charge on any atom is 0.307 e. The molecule has 2 unspecified atom stereocenters. The van der Waals surface area contributed by atoms with Gasteiger partial charge in [-0.2, -0.15) is 0 Å². The maximum atomic E-state index is 11.7. The minimum absolute atomic E-state index is 0.189. The van der Waals surface area contributed by atoms with E-state index in [0.29, 0.717) is 12.0 Å². The van der Waals surface area contributed by atoms with Gasteiger partial charge in [0.1, 0.15) is 0 Å². The Morgan fingerprint density at radius 2 is 2.05 bits per heavy atom. The van der Waals surface area contributed by atoms with E-state index in [4.69, 9.17) is 5.11 Å². The van der Waals surface area contributed by atoms with Gasteiger partial charge in [-0.3, -0.25) is 14.4 Å². The number of hydrogen-bond donors (Lipinski definition) is 3. The molecule has 2 amide bonds. The lowest BCUT2D eigenvalue weighted by atomic mass is 10.1. The molecule has 0 bridgehead atoms. The smallest absolute Gasteiger partial charge is 0.307 e. The molecule has 2 rings (SSSR count). The van der Waals surface area contributed by atoms with Crippen molar-refractivity contribution in [1.29, 1.82) is 0 Å². The zero-order valence-electron chi connectivity index (χ0n) is 11.1. The van der Waals surface area contributed by atoms with Gasteiger partial charge >= 0.3 is 5.97 Å². The van der Waals surface area contributed by atoms with Crippen LogP contribution in [0.5, 0.6) is 0 Å². The van der Waals surface area contributed by atoms with Crippen LogP contribution in [-0.2, 0) is 16.1 Å². The van der Waals surface area contributed by atoms with E-state index in [1.807, 2.05) is 0 Å². The van der Waals surface area contributed by atoms with Gasteiger partial charge < -0.3 is 15.7 Å². The second-order valence-electron chi connectivity index (χ2n) is 4.78. The monoisotopic (exact) mass is 276 g/mol. The third kappa shape index (κ3) is 3.14. The molecule has 20 heavy (non-hydrogen) atoms. The van der Waals surface area contributed by atoms with Crippen molar-refractivity contribution in [2.45, 2.75) is 13.0 Å². The highest BCUT2D eigenvalue weighted by atomic mass is 16.4. The molecule has 3 N–H and O–H groups in total. The lowest BCUT2D eigenvalue weighted by Crippen LogP contribution is -2.26. The zero-order chi connectivity index (χ0) is 14.7. The summed E-state index contributed by atoms with van der Waals surface area (Å²) in [4.78, 5) is 33.9. The molecule has 106 valence electrons. The predicted octanol–water partition coefficient (Wildman–Crippen LogP) is 0.383. The molecular weight excluding hydrogens is 260 g/mol. The summed E-state index contributed by atoms with van der Waals surface area (Å²) in [5.74, 6) is -2.33. The zero-order valence-corrected chi connectivity index (χ0v) is 11.1. The quantitative estimate of drug-likeness (QED) is 0.724. The Balaban J connectivity index is 1.90. The van der Waals surface area contributed by atoms with Gasteiger partial charge in [-0.15, -0.1) is 0 Å². The van der Waals surface area contributed by atoms with Crippen LogP contribution < -0.4 is 10.6 Å². The number of carboxylic acids is 1. The SMILES string of the molecule is CNC(=O)c1cccc(CNC(=O)C2CC2C(=O)O)c1. The van der Waals surface area contributed by atoms with E-state index in [1.54, 1.807) is 31.3 Å². The van der Waals surface area contributed by atoms with Crippen molar-refractivity contribution in [1.82, 2.24) is 10.6 Å². The predicted molar refractivity (Wildman–Crippen MR) is 70.9 cm³/mol.